The van der Waals surface area contributed by atoms with Crippen LogP contribution in [0, 0.1) is 6.92 Å². The Labute approximate surface area is 272 Å². The smallest absolute Gasteiger partial charge is 0.0641 e. The molecular weight excluding hydrogens is 569 g/mol. The first-order valence-corrected chi connectivity index (χ1v) is 16.3. The third-order valence-corrected chi connectivity index (χ3v) is 9.98. The Kier molecular flexibility index (Phi) is 5.53. The Morgan fingerprint density at radius 1 is 0.340 bits per heavy atom. The fourth-order valence-electron chi connectivity index (χ4n) is 7.88. The summed E-state index contributed by atoms with van der Waals surface area (Å²) >= 11 is 0. The third kappa shape index (κ3) is 3.73. The van der Waals surface area contributed by atoms with Gasteiger partial charge in [-0.2, -0.15) is 0 Å². The average molecular weight is 599 g/mol. The summed E-state index contributed by atoms with van der Waals surface area (Å²) in [4.78, 5) is 0. The number of rotatable bonds is 3. The van der Waals surface area contributed by atoms with Gasteiger partial charge in [0.25, 0.3) is 0 Å². The van der Waals surface area contributed by atoms with Crippen LogP contribution in [0.1, 0.15) is 5.56 Å². The first-order valence-electron chi connectivity index (χ1n) is 16.3. The van der Waals surface area contributed by atoms with E-state index in [1.807, 2.05) is 0 Å². The fraction of sp³-hybridized carbons (Fsp3) is 0.0222. The number of benzene rings is 8. The minimum Gasteiger partial charge on any atom is -0.316 e. The van der Waals surface area contributed by atoms with E-state index in [1.165, 1.54) is 81.7 Å². The topological polar surface area (TPSA) is 9.86 Å². The van der Waals surface area contributed by atoms with Crippen LogP contribution >= 0.6 is 0 Å². The number of aromatic nitrogens is 2. The number of nitrogens with zero attached hydrogens (tertiary/aromatic N) is 2. The van der Waals surface area contributed by atoms with Gasteiger partial charge in [0.1, 0.15) is 0 Å². The molecule has 0 fully saturated rings. The molecule has 2 nitrogen and oxygen atoms in total. The predicted molar refractivity (Wildman–Crippen MR) is 200 cm³/mol. The van der Waals surface area contributed by atoms with Crippen molar-refractivity contribution in [2.24, 2.45) is 0 Å². The van der Waals surface area contributed by atoms with E-state index >= 15 is 0 Å². The molecule has 0 unspecified atom stereocenters. The molecule has 0 saturated carbocycles. The van der Waals surface area contributed by atoms with Gasteiger partial charge in [0.15, 0.2) is 0 Å². The third-order valence-electron chi connectivity index (χ3n) is 9.98. The Balaban J connectivity index is 1.42. The maximum atomic E-state index is 2.53. The van der Waals surface area contributed by atoms with Crippen LogP contribution in [0.15, 0.2) is 164 Å². The Hall–Kier alpha value is -6.12. The Morgan fingerprint density at radius 2 is 0.809 bits per heavy atom. The van der Waals surface area contributed by atoms with Gasteiger partial charge in [-0.25, -0.2) is 0 Å². The van der Waals surface area contributed by atoms with Crippen molar-refractivity contribution in [1.29, 1.82) is 0 Å². The van der Waals surface area contributed by atoms with E-state index in [-0.39, 0.29) is 0 Å². The van der Waals surface area contributed by atoms with E-state index in [4.69, 9.17) is 0 Å². The summed E-state index contributed by atoms with van der Waals surface area (Å²) in [6.45, 7) is 2.13. The van der Waals surface area contributed by atoms with Gasteiger partial charge in [-0.3, -0.25) is 0 Å². The molecule has 0 atom stereocenters. The van der Waals surface area contributed by atoms with Crippen LogP contribution < -0.4 is 0 Å². The highest BCUT2D eigenvalue weighted by atomic mass is 15.0. The van der Waals surface area contributed by atoms with Crippen LogP contribution in [0.3, 0.4) is 0 Å². The summed E-state index contributed by atoms with van der Waals surface area (Å²) in [6.07, 6.45) is 2.26. The molecule has 0 aliphatic carbocycles. The molecule has 0 amide bonds. The maximum absolute atomic E-state index is 2.53. The van der Waals surface area contributed by atoms with Crippen molar-refractivity contribution in [3.8, 4) is 22.5 Å². The van der Waals surface area contributed by atoms with E-state index in [9.17, 15) is 0 Å². The van der Waals surface area contributed by atoms with Crippen LogP contribution in [-0.2, 0) is 0 Å². The summed E-state index contributed by atoms with van der Waals surface area (Å²) in [5.74, 6) is 0. The molecule has 0 spiro atoms. The molecule has 2 heterocycles. The van der Waals surface area contributed by atoms with Crippen molar-refractivity contribution in [2.45, 2.75) is 6.92 Å². The van der Waals surface area contributed by atoms with Crippen molar-refractivity contribution in [3.63, 3.8) is 0 Å². The quantitative estimate of drug-likeness (QED) is 0.179. The molecule has 0 radical (unpaired) electrons. The minimum atomic E-state index is 1.15. The van der Waals surface area contributed by atoms with Gasteiger partial charge in [-0.05, 0) is 69.9 Å². The molecule has 2 heteroatoms. The van der Waals surface area contributed by atoms with Gasteiger partial charge in [0.2, 0.25) is 0 Å². The van der Waals surface area contributed by atoms with Gasteiger partial charge >= 0.3 is 0 Å². The molecule has 220 valence electrons. The van der Waals surface area contributed by atoms with Gasteiger partial charge in [-0.15, -0.1) is 0 Å². The Bertz CT molecular complexity index is 2820. The summed E-state index contributed by atoms with van der Waals surface area (Å²) in [5.41, 5.74) is 9.78. The average Bonchev–Trinajstić information content (AvgIpc) is 3.74. The van der Waals surface area contributed by atoms with Crippen molar-refractivity contribution in [2.75, 3.05) is 0 Å². The number of hydrogen-bond acceptors (Lipinski definition) is 0. The zero-order chi connectivity index (χ0) is 31.1. The highest BCUT2D eigenvalue weighted by molar-refractivity contribution is 6.40. The number of aryl methyl sites for hydroxylation is 1. The molecule has 8 aromatic carbocycles. The summed E-state index contributed by atoms with van der Waals surface area (Å²) in [5, 5.41) is 11.5. The van der Waals surface area contributed by atoms with Crippen molar-refractivity contribution >= 4 is 65.0 Å². The zero-order valence-electron chi connectivity index (χ0n) is 26.0. The van der Waals surface area contributed by atoms with E-state index < -0.39 is 0 Å². The summed E-state index contributed by atoms with van der Waals surface area (Å²) in [7, 11) is 0. The van der Waals surface area contributed by atoms with Crippen LogP contribution in [0.25, 0.3) is 87.5 Å². The predicted octanol–water partition coefficient (Wildman–Crippen LogP) is 12.2. The largest absolute Gasteiger partial charge is 0.316 e. The Morgan fingerprint density at radius 3 is 1.45 bits per heavy atom. The zero-order valence-corrected chi connectivity index (χ0v) is 26.0. The van der Waals surface area contributed by atoms with Crippen molar-refractivity contribution in [1.82, 2.24) is 9.13 Å². The highest BCUT2D eigenvalue weighted by Crippen LogP contribution is 2.48. The monoisotopic (exact) mass is 598 g/mol. The first-order chi connectivity index (χ1) is 23.3. The molecule has 0 bridgehead atoms. The number of para-hydroxylation sites is 1. The normalized spacial score (nSPS) is 11.9. The fourth-order valence-corrected chi connectivity index (χ4v) is 7.88. The lowest BCUT2D eigenvalue weighted by Gasteiger charge is -2.13. The first kappa shape index (κ1) is 26.1. The maximum Gasteiger partial charge on any atom is 0.0641 e. The minimum absolute atomic E-state index is 1.15. The van der Waals surface area contributed by atoms with E-state index in [1.54, 1.807) is 0 Å². The van der Waals surface area contributed by atoms with E-state index in [2.05, 4.69) is 180 Å². The molecule has 47 heavy (non-hydrogen) atoms. The molecule has 0 N–H and O–H groups in total. The van der Waals surface area contributed by atoms with Gasteiger partial charge in [0, 0.05) is 44.5 Å². The molecule has 10 rings (SSSR count). The van der Waals surface area contributed by atoms with E-state index in [0.29, 0.717) is 0 Å². The second kappa shape index (κ2) is 9.94. The molecule has 10 aromatic rings. The summed E-state index contributed by atoms with van der Waals surface area (Å²) in [6, 6.07) is 57.8. The lowest BCUT2D eigenvalue weighted by molar-refractivity contribution is 1.13. The highest BCUT2D eigenvalue weighted by Gasteiger charge is 2.24. The molecular formula is C45H30N2. The lowest BCUT2D eigenvalue weighted by atomic mass is 9.95. The SMILES string of the molecule is Cc1ccc(-c2ccc(-n3ccc4c5ccccc5c5c(c6c7ccccc7c7ccccc7c6n5-c5ccccc5)c43)cc2)cc1. The van der Waals surface area contributed by atoms with Crippen LogP contribution in [-0.4, -0.2) is 9.13 Å². The lowest BCUT2D eigenvalue weighted by Crippen LogP contribution is -1.96. The molecule has 2 aromatic heterocycles. The molecule has 0 saturated heterocycles. The second-order valence-corrected chi connectivity index (χ2v) is 12.6. The van der Waals surface area contributed by atoms with Crippen molar-refractivity contribution in [3.05, 3.63) is 169 Å². The van der Waals surface area contributed by atoms with Crippen LogP contribution in [0.2, 0.25) is 0 Å². The summed E-state index contributed by atoms with van der Waals surface area (Å²) < 4.78 is 4.93. The van der Waals surface area contributed by atoms with Gasteiger partial charge in [0.05, 0.1) is 16.6 Å². The molecule has 0 aliphatic heterocycles. The standard InChI is InChI=1S/C45H30N2/c1-29-19-21-30(22-20-29)31-23-25-32(26-24-31)46-28-27-40-36-15-7-10-18-39(36)45-42(43(40)46)41-37-16-8-5-13-34(37)35-14-6-9-17-38(35)44(41)47(45)33-11-3-2-4-12-33/h2-28H,1H3. The van der Waals surface area contributed by atoms with Gasteiger partial charge < -0.3 is 9.13 Å². The van der Waals surface area contributed by atoms with Crippen LogP contribution in [0.5, 0.6) is 0 Å². The van der Waals surface area contributed by atoms with Crippen LogP contribution in [0.4, 0.5) is 0 Å². The second-order valence-electron chi connectivity index (χ2n) is 12.6. The number of hydrogen-bond donors (Lipinski definition) is 0. The van der Waals surface area contributed by atoms with Crippen molar-refractivity contribution < 1.29 is 0 Å². The van der Waals surface area contributed by atoms with E-state index in [0.717, 1.165) is 11.4 Å². The molecule has 0 aliphatic rings. The van der Waals surface area contributed by atoms with Gasteiger partial charge in [-0.1, -0.05) is 133 Å². The number of fused-ring (bicyclic) bond motifs is 13.